The first-order valence-electron chi connectivity index (χ1n) is 8.94. The number of carboxylic acid groups (broad SMARTS) is 1. The molecule has 0 bridgehead atoms. The Morgan fingerprint density at radius 1 is 1.21 bits per heavy atom. The Hall–Kier alpha value is -3.35. The topological polar surface area (TPSA) is 95.9 Å². The number of carbonyl (C=O) groups is 3. The van der Waals surface area contributed by atoms with Crippen LogP contribution >= 0.6 is 0 Å². The van der Waals surface area contributed by atoms with Gasteiger partial charge in [-0.2, -0.15) is 0 Å². The third-order valence-electron chi connectivity index (χ3n) is 4.79. The lowest BCUT2D eigenvalue weighted by molar-refractivity contribution is -0.142. The number of hydrogen-bond donors (Lipinski definition) is 2. The molecule has 28 heavy (non-hydrogen) atoms. The average molecular weight is 382 g/mol. The number of ether oxygens (including phenoxy) is 1. The van der Waals surface area contributed by atoms with Gasteiger partial charge in [0.25, 0.3) is 0 Å². The van der Waals surface area contributed by atoms with Crippen LogP contribution in [0.4, 0.5) is 5.69 Å². The molecule has 2 unspecified atom stereocenters. The Morgan fingerprint density at radius 2 is 1.93 bits per heavy atom. The number of aliphatic carboxylic acids is 1. The van der Waals surface area contributed by atoms with Crippen molar-refractivity contribution in [3.63, 3.8) is 0 Å². The summed E-state index contributed by atoms with van der Waals surface area (Å²) in [4.78, 5) is 38.4. The molecule has 7 nitrogen and oxygen atoms in total. The maximum absolute atomic E-state index is 12.7. The van der Waals surface area contributed by atoms with Crippen molar-refractivity contribution < 1.29 is 24.2 Å². The van der Waals surface area contributed by atoms with Crippen LogP contribution in [0.25, 0.3) is 0 Å². The lowest BCUT2D eigenvalue weighted by Crippen LogP contribution is -2.38. The van der Waals surface area contributed by atoms with E-state index in [1.165, 1.54) is 12.0 Å². The van der Waals surface area contributed by atoms with E-state index < -0.39 is 23.8 Å². The zero-order chi connectivity index (χ0) is 20.3. The lowest BCUT2D eigenvalue weighted by atomic mass is 10.0. The highest BCUT2D eigenvalue weighted by Crippen LogP contribution is 2.34. The number of hydrogen-bond acceptors (Lipinski definition) is 4. The third-order valence-corrected chi connectivity index (χ3v) is 4.79. The summed E-state index contributed by atoms with van der Waals surface area (Å²) in [6.45, 7) is 2.08. The molecule has 2 atom stereocenters. The van der Waals surface area contributed by atoms with Crippen molar-refractivity contribution in [2.24, 2.45) is 5.92 Å². The fourth-order valence-electron chi connectivity index (χ4n) is 3.32. The zero-order valence-electron chi connectivity index (χ0n) is 15.7. The molecule has 0 saturated carbocycles. The van der Waals surface area contributed by atoms with Gasteiger partial charge in [-0.25, -0.2) is 4.79 Å². The number of carbonyl (C=O) groups excluding carboxylic acids is 2. The maximum atomic E-state index is 12.7. The predicted octanol–water partition coefficient (Wildman–Crippen LogP) is 2.30. The summed E-state index contributed by atoms with van der Waals surface area (Å²) in [5, 5.41) is 12.0. The number of nitrogens with one attached hydrogen (secondary N) is 1. The molecule has 3 rings (SSSR count). The molecular weight excluding hydrogens is 360 g/mol. The van der Waals surface area contributed by atoms with E-state index in [9.17, 15) is 19.5 Å². The highest BCUT2D eigenvalue weighted by atomic mass is 16.5. The van der Waals surface area contributed by atoms with Gasteiger partial charge in [0.05, 0.1) is 18.7 Å². The first kappa shape index (κ1) is 19.4. The quantitative estimate of drug-likeness (QED) is 0.799. The summed E-state index contributed by atoms with van der Waals surface area (Å²) in [5.41, 5.74) is 2.05. The zero-order valence-corrected chi connectivity index (χ0v) is 15.7. The summed E-state index contributed by atoms with van der Waals surface area (Å²) >= 11 is 0. The van der Waals surface area contributed by atoms with Gasteiger partial charge < -0.3 is 20.1 Å². The van der Waals surface area contributed by atoms with E-state index in [4.69, 9.17) is 4.74 Å². The van der Waals surface area contributed by atoms with E-state index in [0.717, 1.165) is 5.56 Å². The minimum absolute atomic E-state index is 0.0179. The van der Waals surface area contributed by atoms with Gasteiger partial charge in [-0.05, 0) is 30.2 Å². The Labute approximate surface area is 162 Å². The van der Waals surface area contributed by atoms with Crippen molar-refractivity contribution in [3.05, 3.63) is 59.7 Å². The molecule has 1 aliphatic rings. The maximum Gasteiger partial charge on any atom is 0.330 e. The van der Waals surface area contributed by atoms with Crippen LogP contribution < -0.4 is 15.0 Å². The number of anilines is 1. The van der Waals surface area contributed by atoms with E-state index in [1.54, 1.807) is 36.4 Å². The van der Waals surface area contributed by atoms with Crippen LogP contribution in [0.2, 0.25) is 0 Å². The number of methoxy groups -OCH3 is 1. The molecule has 2 amide bonds. The number of carboxylic acids is 1. The molecule has 0 aliphatic carbocycles. The SMILES string of the molecule is COc1ccc(C)cc1N1CC(C(=O)NC(C(=O)O)c2ccccc2)CC1=O. The minimum atomic E-state index is -1.16. The van der Waals surface area contributed by atoms with Gasteiger partial charge in [0.15, 0.2) is 6.04 Å². The van der Waals surface area contributed by atoms with Crippen molar-refractivity contribution in [1.29, 1.82) is 0 Å². The highest BCUT2D eigenvalue weighted by molar-refractivity contribution is 6.01. The summed E-state index contributed by atoms with van der Waals surface area (Å²) in [6.07, 6.45) is 0.0179. The average Bonchev–Trinajstić information content (AvgIpc) is 3.08. The Kier molecular flexibility index (Phi) is 5.63. The van der Waals surface area contributed by atoms with E-state index in [0.29, 0.717) is 17.0 Å². The molecule has 1 heterocycles. The highest BCUT2D eigenvalue weighted by Gasteiger charge is 2.37. The molecule has 1 aliphatic heterocycles. The summed E-state index contributed by atoms with van der Waals surface area (Å²) in [5.74, 6) is -1.90. The second-order valence-electron chi connectivity index (χ2n) is 6.77. The number of rotatable bonds is 6. The van der Waals surface area contributed by atoms with Crippen molar-refractivity contribution in [2.45, 2.75) is 19.4 Å². The normalized spacial score (nSPS) is 17.3. The molecule has 1 fully saturated rings. The van der Waals surface area contributed by atoms with Crippen molar-refractivity contribution in [2.75, 3.05) is 18.6 Å². The van der Waals surface area contributed by atoms with E-state index in [1.807, 2.05) is 19.1 Å². The number of benzene rings is 2. The largest absolute Gasteiger partial charge is 0.495 e. The first-order chi connectivity index (χ1) is 13.4. The summed E-state index contributed by atoms with van der Waals surface area (Å²) < 4.78 is 5.34. The van der Waals surface area contributed by atoms with Crippen molar-refractivity contribution in [3.8, 4) is 5.75 Å². The lowest BCUT2D eigenvalue weighted by Gasteiger charge is -2.21. The molecule has 2 aromatic rings. The van der Waals surface area contributed by atoms with Gasteiger partial charge in [-0.1, -0.05) is 36.4 Å². The molecular formula is C21H22N2O5. The van der Waals surface area contributed by atoms with Crippen LogP contribution in [0.3, 0.4) is 0 Å². The van der Waals surface area contributed by atoms with E-state index in [2.05, 4.69) is 5.32 Å². The van der Waals surface area contributed by atoms with Gasteiger partial charge in [-0.15, -0.1) is 0 Å². The van der Waals surface area contributed by atoms with Crippen LogP contribution in [0, 0.1) is 12.8 Å². The molecule has 0 aromatic heterocycles. The molecule has 2 N–H and O–H groups in total. The third kappa shape index (κ3) is 3.98. The fourth-order valence-corrected chi connectivity index (χ4v) is 3.32. The standard InChI is InChI=1S/C21H22N2O5/c1-13-8-9-17(28-2)16(10-13)23-12-15(11-18(23)24)20(25)22-19(21(26)27)14-6-4-3-5-7-14/h3-10,15,19H,11-12H2,1-2H3,(H,22,25)(H,26,27). The fraction of sp³-hybridized carbons (Fsp3) is 0.286. The van der Waals surface area contributed by atoms with Crippen molar-refractivity contribution in [1.82, 2.24) is 5.32 Å². The summed E-state index contributed by atoms with van der Waals surface area (Å²) in [7, 11) is 1.52. The monoisotopic (exact) mass is 382 g/mol. The first-order valence-corrected chi connectivity index (χ1v) is 8.94. The smallest absolute Gasteiger partial charge is 0.330 e. The molecule has 2 aromatic carbocycles. The van der Waals surface area contributed by atoms with Gasteiger partial charge >= 0.3 is 5.97 Å². The predicted molar refractivity (Wildman–Crippen MR) is 103 cm³/mol. The van der Waals surface area contributed by atoms with Gasteiger partial charge in [-0.3, -0.25) is 9.59 Å². The van der Waals surface area contributed by atoms with Crippen molar-refractivity contribution >= 4 is 23.5 Å². The molecule has 0 spiro atoms. The Balaban J connectivity index is 1.77. The summed E-state index contributed by atoms with van der Waals surface area (Å²) in [6, 6.07) is 12.8. The Morgan fingerprint density at radius 3 is 2.57 bits per heavy atom. The van der Waals surface area contributed by atoms with Crippen LogP contribution in [0.5, 0.6) is 5.75 Å². The molecule has 7 heteroatoms. The number of amides is 2. The van der Waals surface area contributed by atoms with E-state index in [-0.39, 0.29) is 18.9 Å². The molecule has 0 radical (unpaired) electrons. The second kappa shape index (κ2) is 8.12. The van der Waals surface area contributed by atoms with Crippen LogP contribution in [0.1, 0.15) is 23.6 Å². The molecule has 146 valence electrons. The number of aryl methyl sites for hydroxylation is 1. The van der Waals surface area contributed by atoms with Gasteiger partial charge in [0, 0.05) is 13.0 Å². The molecule has 1 saturated heterocycles. The van der Waals surface area contributed by atoms with Gasteiger partial charge in [0.1, 0.15) is 5.75 Å². The minimum Gasteiger partial charge on any atom is -0.495 e. The second-order valence-corrected chi connectivity index (χ2v) is 6.77. The van der Waals surface area contributed by atoms with Crippen LogP contribution in [-0.2, 0) is 14.4 Å². The van der Waals surface area contributed by atoms with Gasteiger partial charge in [0.2, 0.25) is 11.8 Å². The van der Waals surface area contributed by atoms with Crippen LogP contribution in [-0.4, -0.2) is 36.5 Å². The number of nitrogens with zero attached hydrogens (tertiary/aromatic N) is 1. The van der Waals surface area contributed by atoms with Crippen LogP contribution in [0.15, 0.2) is 48.5 Å². The van der Waals surface area contributed by atoms with E-state index >= 15 is 0 Å². The Bertz CT molecular complexity index is 897.